The number of hydrogen-bond acceptors (Lipinski definition) is 4. The molecule has 0 amide bonds. The van der Waals surface area contributed by atoms with Crippen LogP contribution in [0.4, 0.5) is 0 Å². The van der Waals surface area contributed by atoms with Crippen molar-refractivity contribution >= 4 is 12.2 Å². The van der Waals surface area contributed by atoms with Gasteiger partial charge < -0.3 is 14.7 Å². The number of quaternary nitrogens is 1. The molecule has 0 aliphatic carbocycles. The summed E-state index contributed by atoms with van der Waals surface area (Å²) in [7, 11) is 1.66. The number of nitrogens with zero attached hydrogens (tertiary/aromatic N) is 3. The first kappa shape index (κ1) is 18.1. The number of nitrogens with one attached hydrogen (secondary N) is 1. The summed E-state index contributed by atoms with van der Waals surface area (Å²) in [5.74, 6) is 1.72. The number of hydrogen-bond donors (Lipinski definition) is 2. The van der Waals surface area contributed by atoms with E-state index in [1.807, 2.05) is 28.9 Å². The van der Waals surface area contributed by atoms with Crippen LogP contribution in [0.3, 0.4) is 0 Å². The van der Waals surface area contributed by atoms with Gasteiger partial charge in [-0.05, 0) is 50.3 Å². The van der Waals surface area contributed by atoms with Crippen LogP contribution in [0.25, 0.3) is 11.4 Å². The molecule has 1 aliphatic heterocycles. The molecule has 1 saturated heterocycles. The number of aromatic nitrogens is 3. The summed E-state index contributed by atoms with van der Waals surface area (Å²) in [4.78, 5) is 1.41. The van der Waals surface area contributed by atoms with E-state index in [4.69, 9.17) is 22.1 Å². The van der Waals surface area contributed by atoms with Crippen molar-refractivity contribution in [2.24, 2.45) is 0 Å². The lowest BCUT2D eigenvalue weighted by molar-refractivity contribution is -0.929. The average molecular weight is 364 g/mol. The first-order valence-corrected chi connectivity index (χ1v) is 9.26. The molecule has 25 heavy (non-hydrogen) atoms. The quantitative estimate of drug-likeness (QED) is 0.794. The topological polar surface area (TPSA) is 56.6 Å². The Balaban J connectivity index is 1.91. The smallest absolute Gasteiger partial charge is 0.203 e. The van der Waals surface area contributed by atoms with E-state index in [9.17, 15) is 5.11 Å². The molecule has 0 spiro atoms. The molecule has 1 aromatic carbocycles. The second-order valence-electron chi connectivity index (χ2n) is 6.94. The molecule has 136 valence electrons. The van der Waals surface area contributed by atoms with E-state index in [-0.39, 0.29) is 12.1 Å². The first-order chi connectivity index (χ1) is 12.0. The van der Waals surface area contributed by atoms with Crippen molar-refractivity contribution < 1.29 is 14.7 Å². The maximum Gasteiger partial charge on any atom is 0.203 e. The van der Waals surface area contributed by atoms with Gasteiger partial charge in [0.05, 0.1) is 26.3 Å². The molecular formula is C18H27N4O2S+. The van der Waals surface area contributed by atoms with Crippen LogP contribution in [0.2, 0.25) is 0 Å². The molecule has 2 N–H and O–H groups in total. The van der Waals surface area contributed by atoms with Crippen molar-refractivity contribution in [3.63, 3.8) is 0 Å². The Hall–Kier alpha value is -1.70. The second kappa shape index (κ2) is 7.68. The third-order valence-corrected chi connectivity index (χ3v) is 5.18. The van der Waals surface area contributed by atoms with Gasteiger partial charge in [-0.15, -0.1) is 5.10 Å². The predicted molar refractivity (Wildman–Crippen MR) is 99.4 cm³/mol. The third-order valence-electron chi connectivity index (χ3n) is 4.77. The molecule has 0 atom stereocenters. The van der Waals surface area contributed by atoms with E-state index < -0.39 is 0 Å². The van der Waals surface area contributed by atoms with Gasteiger partial charge in [0.2, 0.25) is 4.77 Å². The minimum absolute atomic E-state index is 0.153. The fourth-order valence-electron chi connectivity index (χ4n) is 3.31. The fourth-order valence-corrected chi connectivity index (χ4v) is 3.71. The Morgan fingerprint density at radius 1 is 1.28 bits per heavy atom. The van der Waals surface area contributed by atoms with Gasteiger partial charge in [0.15, 0.2) is 12.5 Å². The maximum atomic E-state index is 9.69. The van der Waals surface area contributed by atoms with E-state index in [0.29, 0.717) is 0 Å². The Morgan fingerprint density at radius 3 is 2.48 bits per heavy atom. The third kappa shape index (κ3) is 3.94. The Kier molecular flexibility index (Phi) is 5.56. The van der Waals surface area contributed by atoms with E-state index in [0.717, 1.165) is 54.5 Å². The van der Waals surface area contributed by atoms with Gasteiger partial charge in [-0.2, -0.15) is 4.68 Å². The molecule has 2 aromatic rings. The number of likely N-dealkylation sites (tertiary alicyclic amines) is 1. The van der Waals surface area contributed by atoms with Crippen molar-refractivity contribution in [1.82, 2.24) is 14.3 Å². The lowest BCUT2D eigenvalue weighted by Crippen LogP contribution is -3.12. The molecule has 1 aromatic heterocycles. The number of rotatable bonds is 5. The molecular weight excluding hydrogens is 336 g/mol. The number of piperidine rings is 1. The molecule has 0 saturated carbocycles. The van der Waals surface area contributed by atoms with Crippen molar-refractivity contribution in [2.45, 2.75) is 45.5 Å². The lowest BCUT2D eigenvalue weighted by atomic mass is 10.1. The zero-order chi connectivity index (χ0) is 18.0. The van der Waals surface area contributed by atoms with Gasteiger partial charge in [0, 0.05) is 24.4 Å². The first-order valence-electron chi connectivity index (χ1n) is 8.85. The zero-order valence-corrected chi connectivity index (χ0v) is 15.9. The van der Waals surface area contributed by atoms with Crippen LogP contribution in [-0.2, 0) is 6.67 Å². The molecule has 1 aliphatic rings. The highest BCUT2D eigenvalue weighted by atomic mass is 32.1. The molecule has 0 unspecified atom stereocenters. The summed E-state index contributed by atoms with van der Waals surface area (Å²) in [6.07, 6.45) is 1.54. The number of aliphatic hydroxyl groups excluding tert-OH is 1. The van der Waals surface area contributed by atoms with Crippen molar-refractivity contribution in [2.75, 3.05) is 20.2 Å². The van der Waals surface area contributed by atoms with Gasteiger partial charge >= 0.3 is 0 Å². The average Bonchev–Trinajstić information content (AvgIpc) is 2.93. The molecule has 0 bridgehead atoms. The summed E-state index contributed by atoms with van der Waals surface area (Å²) >= 11 is 5.71. The highest BCUT2D eigenvalue weighted by molar-refractivity contribution is 7.71. The summed E-state index contributed by atoms with van der Waals surface area (Å²) in [6, 6.07) is 8.15. The second-order valence-corrected chi connectivity index (χ2v) is 7.30. The molecule has 0 radical (unpaired) electrons. The van der Waals surface area contributed by atoms with Crippen molar-refractivity contribution in [1.29, 1.82) is 0 Å². The van der Waals surface area contributed by atoms with Gasteiger partial charge in [-0.1, -0.05) is 0 Å². The Bertz CT molecular complexity index is 758. The van der Waals surface area contributed by atoms with Gasteiger partial charge in [-0.25, -0.2) is 0 Å². The van der Waals surface area contributed by atoms with E-state index in [2.05, 4.69) is 18.4 Å². The van der Waals surface area contributed by atoms with Crippen molar-refractivity contribution in [3.05, 3.63) is 29.0 Å². The van der Waals surface area contributed by atoms with Crippen LogP contribution in [0.5, 0.6) is 5.75 Å². The largest absolute Gasteiger partial charge is 0.497 e. The molecule has 3 rings (SSSR count). The summed E-state index contributed by atoms with van der Waals surface area (Å²) in [5.41, 5.74) is 1.03. The minimum Gasteiger partial charge on any atom is -0.497 e. The molecule has 7 heteroatoms. The van der Waals surface area contributed by atoms with Crippen LogP contribution in [0.1, 0.15) is 32.7 Å². The summed E-state index contributed by atoms with van der Waals surface area (Å²) < 4.78 is 10.0. The standard InChI is InChI=1S/C18H26N4O2S/c1-13(2)22-17(14-4-6-16(24-3)7-5-14)19-21(18(22)25)12-20-10-8-15(23)9-11-20/h4-7,13,15,23H,8-12H2,1-3H3/p+1. The number of aliphatic hydroxyl groups is 1. The normalized spacial score (nSPS) is 20.8. The monoisotopic (exact) mass is 363 g/mol. The Labute approximate surface area is 153 Å². The van der Waals surface area contributed by atoms with Gasteiger partial charge in [-0.3, -0.25) is 4.57 Å². The highest BCUT2D eigenvalue weighted by Crippen LogP contribution is 2.24. The van der Waals surface area contributed by atoms with E-state index >= 15 is 0 Å². The Morgan fingerprint density at radius 2 is 1.92 bits per heavy atom. The summed E-state index contributed by atoms with van der Waals surface area (Å²) in [5, 5.41) is 14.5. The van der Waals surface area contributed by atoms with E-state index in [1.54, 1.807) is 7.11 Å². The lowest BCUT2D eigenvalue weighted by Gasteiger charge is -2.26. The van der Waals surface area contributed by atoms with Crippen LogP contribution >= 0.6 is 12.2 Å². The molecule has 6 nitrogen and oxygen atoms in total. The van der Waals surface area contributed by atoms with Crippen LogP contribution < -0.4 is 9.64 Å². The predicted octanol–water partition coefficient (Wildman–Crippen LogP) is 1.67. The summed E-state index contributed by atoms with van der Waals surface area (Å²) in [6.45, 7) is 6.90. The number of ether oxygens (including phenoxy) is 1. The zero-order valence-electron chi connectivity index (χ0n) is 15.1. The van der Waals surface area contributed by atoms with Crippen LogP contribution in [0.15, 0.2) is 24.3 Å². The highest BCUT2D eigenvalue weighted by Gasteiger charge is 2.23. The SMILES string of the molecule is COc1ccc(-c2nn(C[NH+]3CCC(O)CC3)c(=S)n2C(C)C)cc1. The fraction of sp³-hybridized carbons (Fsp3) is 0.556. The van der Waals surface area contributed by atoms with Crippen LogP contribution in [0, 0.1) is 4.77 Å². The van der Waals surface area contributed by atoms with Crippen molar-refractivity contribution in [3.8, 4) is 17.1 Å². The molecule has 2 heterocycles. The van der Waals surface area contributed by atoms with Crippen LogP contribution in [-0.4, -0.2) is 45.8 Å². The van der Waals surface area contributed by atoms with Gasteiger partial charge in [0.25, 0.3) is 0 Å². The van der Waals surface area contributed by atoms with Gasteiger partial charge in [0.1, 0.15) is 5.75 Å². The maximum absolute atomic E-state index is 9.69. The number of benzene rings is 1. The van der Waals surface area contributed by atoms with E-state index in [1.165, 1.54) is 4.90 Å². The minimum atomic E-state index is -0.153. The number of methoxy groups -OCH3 is 1. The molecule has 1 fully saturated rings.